The number of sulfone groups is 1. The van der Waals surface area contributed by atoms with Gasteiger partial charge in [-0.2, -0.15) is 0 Å². The van der Waals surface area contributed by atoms with Crippen LogP contribution in [0, 0.1) is 5.82 Å². The van der Waals surface area contributed by atoms with Crippen LogP contribution < -0.4 is 0 Å². The van der Waals surface area contributed by atoms with Crippen molar-refractivity contribution in [3.8, 4) is 0 Å². The fourth-order valence-electron chi connectivity index (χ4n) is 4.57. The van der Waals surface area contributed by atoms with Gasteiger partial charge < -0.3 is 4.90 Å². The molecule has 2 heterocycles. The van der Waals surface area contributed by atoms with Crippen LogP contribution in [0.1, 0.15) is 52.0 Å². The van der Waals surface area contributed by atoms with Crippen molar-refractivity contribution < 1.29 is 22.4 Å². The first-order valence-electron chi connectivity index (χ1n) is 9.66. The highest BCUT2D eigenvalue weighted by Gasteiger charge is 2.46. The molecule has 5 nitrogen and oxygen atoms in total. The number of benzene rings is 2. The monoisotopic (exact) mass is 415 g/mol. The van der Waals surface area contributed by atoms with E-state index in [1.807, 2.05) is 0 Å². The van der Waals surface area contributed by atoms with Crippen molar-refractivity contribution in [1.82, 2.24) is 4.90 Å². The lowest BCUT2D eigenvalue weighted by Crippen LogP contribution is -2.49. The Morgan fingerprint density at radius 3 is 2.03 bits per heavy atom. The first-order chi connectivity index (χ1) is 13.8. The third kappa shape index (κ3) is 3.71. The minimum atomic E-state index is -3.15. The van der Waals surface area contributed by atoms with Crippen LogP contribution >= 0.6 is 0 Å². The summed E-state index contributed by atoms with van der Waals surface area (Å²) in [5.74, 6) is -1.01. The molecule has 0 N–H and O–H groups in total. The quantitative estimate of drug-likeness (QED) is 0.719. The summed E-state index contributed by atoms with van der Waals surface area (Å²) in [6, 6.07) is 11.6. The van der Waals surface area contributed by atoms with Crippen LogP contribution in [0.25, 0.3) is 0 Å². The molecule has 2 fully saturated rings. The Hall–Kier alpha value is -2.54. The van der Waals surface area contributed by atoms with Crippen LogP contribution in [0.3, 0.4) is 0 Å². The van der Waals surface area contributed by atoms with Crippen molar-refractivity contribution >= 4 is 21.5 Å². The molecule has 2 aliphatic rings. The standard InChI is InChI=1S/C22H22FNO4S/c1-29(27,28)18-12-16-10-11-17(13-18)24(16)22(26)20-5-3-2-4-19(20)21(25)14-6-8-15(23)9-7-14/h2-9,16-18H,10-13H2,1H3. The number of hydrogen-bond donors (Lipinski definition) is 0. The lowest BCUT2D eigenvalue weighted by molar-refractivity contribution is 0.0595. The summed E-state index contributed by atoms with van der Waals surface area (Å²) >= 11 is 0. The predicted molar refractivity (Wildman–Crippen MR) is 107 cm³/mol. The molecule has 2 unspecified atom stereocenters. The minimum Gasteiger partial charge on any atom is -0.333 e. The van der Waals surface area contributed by atoms with E-state index in [9.17, 15) is 22.4 Å². The van der Waals surface area contributed by atoms with Crippen molar-refractivity contribution in [3.63, 3.8) is 0 Å². The van der Waals surface area contributed by atoms with Gasteiger partial charge in [0.15, 0.2) is 5.78 Å². The second-order valence-electron chi connectivity index (χ2n) is 7.90. The maximum atomic E-state index is 13.4. The molecule has 0 saturated carbocycles. The highest BCUT2D eigenvalue weighted by atomic mass is 32.2. The number of ketones is 1. The summed E-state index contributed by atoms with van der Waals surface area (Å²) < 4.78 is 37.2. The molecular weight excluding hydrogens is 393 g/mol. The Kier molecular flexibility index (Phi) is 5.02. The molecule has 2 bridgehead atoms. The van der Waals surface area contributed by atoms with Gasteiger partial charge in [0, 0.05) is 29.5 Å². The lowest BCUT2D eigenvalue weighted by atomic mass is 9.95. The maximum Gasteiger partial charge on any atom is 0.255 e. The van der Waals surface area contributed by atoms with E-state index in [2.05, 4.69) is 0 Å². The highest BCUT2D eigenvalue weighted by molar-refractivity contribution is 7.91. The maximum absolute atomic E-state index is 13.4. The first-order valence-corrected chi connectivity index (χ1v) is 11.6. The van der Waals surface area contributed by atoms with E-state index >= 15 is 0 Å². The molecule has 2 aromatic rings. The summed E-state index contributed by atoms with van der Waals surface area (Å²) in [5.41, 5.74) is 0.885. The number of piperidine rings is 1. The molecular formula is C22H22FNO4S. The fourth-order valence-corrected chi connectivity index (χ4v) is 5.72. The van der Waals surface area contributed by atoms with E-state index in [0.29, 0.717) is 24.0 Å². The molecule has 2 aromatic carbocycles. The summed E-state index contributed by atoms with van der Waals surface area (Å²) in [6.45, 7) is 0. The Balaban J connectivity index is 1.64. The van der Waals surface area contributed by atoms with Gasteiger partial charge in [-0.1, -0.05) is 18.2 Å². The van der Waals surface area contributed by atoms with Gasteiger partial charge in [-0.05, 0) is 56.0 Å². The SMILES string of the molecule is CS(=O)(=O)C1CC2CCC(C1)N2C(=O)c1ccccc1C(=O)c1ccc(F)cc1. The van der Waals surface area contributed by atoms with Crippen LogP contribution in [0.2, 0.25) is 0 Å². The van der Waals surface area contributed by atoms with Crippen LogP contribution in [-0.4, -0.2) is 48.6 Å². The number of amides is 1. The zero-order chi connectivity index (χ0) is 20.8. The number of hydrogen-bond acceptors (Lipinski definition) is 4. The topological polar surface area (TPSA) is 71.5 Å². The number of fused-ring (bicyclic) bond motifs is 2. The number of rotatable bonds is 4. The van der Waals surface area contributed by atoms with Crippen molar-refractivity contribution in [2.75, 3.05) is 6.26 Å². The number of halogens is 1. The lowest BCUT2D eigenvalue weighted by Gasteiger charge is -2.38. The van der Waals surface area contributed by atoms with Crippen molar-refractivity contribution in [2.45, 2.75) is 43.0 Å². The van der Waals surface area contributed by atoms with Crippen LogP contribution in [0.5, 0.6) is 0 Å². The minimum absolute atomic E-state index is 0.130. The van der Waals surface area contributed by atoms with E-state index in [-0.39, 0.29) is 29.3 Å². The Labute approximate surface area is 169 Å². The third-order valence-corrected chi connectivity index (χ3v) is 7.63. The molecule has 0 radical (unpaired) electrons. The van der Waals surface area contributed by atoms with Crippen molar-refractivity contribution in [1.29, 1.82) is 0 Å². The zero-order valence-electron chi connectivity index (χ0n) is 16.0. The number of carbonyl (C=O) groups is 2. The summed E-state index contributed by atoms with van der Waals surface area (Å²) in [4.78, 5) is 28.1. The van der Waals surface area contributed by atoms with Gasteiger partial charge in [-0.3, -0.25) is 9.59 Å². The van der Waals surface area contributed by atoms with Crippen LogP contribution in [0.4, 0.5) is 4.39 Å². The van der Waals surface area contributed by atoms with E-state index in [0.717, 1.165) is 12.8 Å². The molecule has 2 saturated heterocycles. The van der Waals surface area contributed by atoms with Gasteiger partial charge in [0.2, 0.25) is 0 Å². The molecule has 4 rings (SSSR count). The summed E-state index contributed by atoms with van der Waals surface area (Å²) in [7, 11) is -3.15. The molecule has 0 aliphatic carbocycles. The second-order valence-corrected chi connectivity index (χ2v) is 10.2. The van der Waals surface area contributed by atoms with Gasteiger partial charge in [-0.15, -0.1) is 0 Å². The van der Waals surface area contributed by atoms with Crippen molar-refractivity contribution in [2.24, 2.45) is 0 Å². The average Bonchev–Trinajstić information content (AvgIpc) is 2.95. The fraction of sp³-hybridized carbons (Fsp3) is 0.364. The zero-order valence-corrected chi connectivity index (χ0v) is 16.9. The molecule has 152 valence electrons. The van der Waals surface area contributed by atoms with Gasteiger partial charge in [-0.25, -0.2) is 12.8 Å². The third-order valence-electron chi connectivity index (χ3n) is 6.04. The van der Waals surface area contributed by atoms with Gasteiger partial charge in [0.05, 0.1) is 10.8 Å². The highest BCUT2D eigenvalue weighted by Crippen LogP contribution is 2.39. The number of carbonyl (C=O) groups excluding carboxylic acids is 2. The van der Waals surface area contributed by atoms with Crippen LogP contribution in [0.15, 0.2) is 48.5 Å². The molecule has 0 aromatic heterocycles. The van der Waals surface area contributed by atoms with E-state index in [1.165, 1.54) is 30.5 Å². The van der Waals surface area contributed by atoms with Gasteiger partial charge >= 0.3 is 0 Å². The molecule has 1 amide bonds. The van der Waals surface area contributed by atoms with Gasteiger partial charge in [0.1, 0.15) is 15.7 Å². The second kappa shape index (κ2) is 7.37. The molecule has 7 heteroatoms. The summed E-state index contributed by atoms with van der Waals surface area (Å²) in [6.07, 6.45) is 3.68. The molecule has 29 heavy (non-hydrogen) atoms. The van der Waals surface area contributed by atoms with E-state index < -0.39 is 20.9 Å². The smallest absolute Gasteiger partial charge is 0.255 e. The predicted octanol–water partition coefficient (Wildman–Crippen LogP) is 3.24. The number of nitrogens with zero attached hydrogens (tertiary/aromatic N) is 1. The van der Waals surface area contributed by atoms with E-state index in [1.54, 1.807) is 29.2 Å². The Bertz CT molecular complexity index is 1050. The molecule has 2 atom stereocenters. The van der Waals surface area contributed by atoms with E-state index in [4.69, 9.17) is 0 Å². The van der Waals surface area contributed by atoms with Gasteiger partial charge in [0.25, 0.3) is 5.91 Å². The molecule has 0 spiro atoms. The first kappa shape index (κ1) is 19.8. The van der Waals surface area contributed by atoms with Crippen LogP contribution in [-0.2, 0) is 9.84 Å². The Morgan fingerprint density at radius 2 is 1.48 bits per heavy atom. The largest absolute Gasteiger partial charge is 0.333 e. The summed E-state index contributed by atoms with van der Waals surface area (Å²) in [5, 5.41) is -0.417. The average molecular weight is 415 g/mol. The molecule has 2 aliphatic heterocycles. The Morgan fingerprint density at radius 1 is 0.931 bits per heavy atom. The normalized spacial score (nSPS) is 23.8. The van der Waals surface area contributed by atoms with Crippen molar-refractivity contribution in [3.05, 3.63) is 71.0 Å².